The predicted octanol–water partition coefficient (Wildman–Crippen LogP) is 2.75. The minimum Gasteiger partial charge on any atom is -0.508 e. The van der Waals surface area contributed by atoms with Gasteiger partial charge in [0, 0.05) is 11.6 Å². The third-order valence-corrected chi connectivity index (χ3v) is 2.55. The minimum atomic E-state index is -0.135. The van der Waals surface area contributed by atoms with E-state index in [9.17, 15) is 5.11 Å². The van der Waals surface area contributed by atoms with Crippen molar-refractivity contribution in [1.82, 2.24) is 0 Å². The van der Waals surface area contributed by atoms with Crippen LogP contribution in [0.4, 0.5) is 0 Å². The Labute approximate surface area is 85.8 Å². The van der Waals surface area contributed by atoms with Gasteiger partial charge in [0.25, 0.3) is 0 Å². The Kier molecular flexibility index (Phi) is 2.86. The monoisotopic (exact) mass is 193 g/mol. The fraction of sp³-hybridized carbons (Fsp3) is 0.500. The molecule has 0 aliphatic heterocycles. The zero-order valence-electron chi connectivity index (χ0n) is 9.33. The maximum Gasteiger partial charge on any atom is 0.120 e. The van der Waals surface area contributed by atoms with E-state index in [1.807, 2.05) is 19.1 Å². The second-order valence-electron chi connectivity index (χ2n) is 4.85. The average molecular weight is 193 g/mol. The zero-order chi connectivity index (χ0) is 10.9. The molecule has 78 valence electrons. The topological polar surface area (TPSA) is 46.2 Å². The first kappa shape index (κ1) is 11.1. The van der Waals surface area contributed by atoms with E-state index >= 15 is 0 Å². The number of nitrogens with two attached hydrogens (primary N) is 1. The molecule has 0 saturated heterocycles. The van der Waals surface area contributed by atoms with E-state index in [-0.39, 0.29) is 11.5 Å². The molecule has 0 unspecified atom stereocenters. The molecule has 3 N–H and O–H groups in total. The first-order chi connectivity index (χ1) is 6.34. The van der Waals surface area contributed by atoms with E-state index in [4.69, 9.17) is 5.73 Å². The van der Waals surface area contributed by atoms with Crippen molar-refractivity contribution < 1.29 is 5.11 Å². The molecule has 1 aromatic rings. The Bertz CT molecular complexity index is 305. The van der Waals surface area contributed by atoms with Gasteiger partial charge < -0.3 is 10.8 Å². The van der Waals surface area contributed by atoms with Crippen molar-refractivity contribution in [1.29, 1.82) is 0 Å². The second kappa shape index (κ2) is 3.62. The summed E-state index contributed by atoms with van der Waals surface area (Å²) in [5, 5.41) is 9.75. The first-order valence-corrected chi connectivity index (χ1v) is 4.88. The fourth-order valence-corrected chi connectivity index (χ4v) is 1.50. The largest absolute Gasteiger partial charge is 0.508 e. The number of benzene rings is 1. The van der Waals surface area contributed by atoms with E-state index in [0.29, 0.717) is 5.75 Å². The van der Waals surface area contributed by atoms with Crippen LogP contribution in [0.15, 0.2) is 18.2 Å². The molecular weight excluding hydrogens is 174 g/mol. The lowest BCUT2D eigenvalue weighted by atomic mass is 9.81. The molecule has 0 fully saturated rings. The van der Waals surface area contributed by atoms with E-state index in [2.05, 4.69) is 20.8 Å². The molecule has 0 saturated carbocycles. The zero-order valence-corrected chi connectivity index (χ0v) is 9.33. The Morgan fingerprint density at radius 1 is 1.29 bits per heavy atom. The van der Waals surface area contributed by atoms with Crippen LogP contribution in [-0.4, -0.2) is 5.11 Å². The van der Waals surface area contributed by atoms with Gasteiger partial charge in [-0.3, -0.25) is 0 Å². The molecule has 2 heteroatoms. The summed E-state index contributed by atoms with van der Waals surface area (Å²) in [6.45, 7) is 8.19. The van der Waals surface area contributed by atoms with Crippen LogP contribution in [0.5, 0.6) is 5.75 Å². The molecule has 2 nitrogen and oxygen atoms in total. The maximum atomic E-state index is 9.75. The summed E-state index contributed by atoms with van der Waals surface area (Å²) in [6.07, 6.45) is 0. The first-order valence-electron chi connectivity index (χ1n) is 4.88. The summed E-state index contributed by atoms with van der Waals surface area (Å²) in [6, 6.07) is 5.36. The normalized spacial score (nSPS) is 14.1. The molecule has 1 rings (SSSR count). The third kappa shape index (κ3) is 2.07. The van der Waals surface area contributed by atoms with Gasteiger partial charge in [-0.15, -0.1) is 0 Å². The highest BCUT2D eigenvalue weighted by Crippen LogP contribution is 2.36. The van der Waals surface area contributed by atoms with Crippen LogP contribution in [0.2, 0.25) is 0 Å². The number of aryl methyl sites for hydroxylation is 1. The molecule has 1 aromatic carbocycles. The summed E-state index contributed by atoms with van der Waals surface area (Å²) in [4.78, 5) is 0. The molecular formula is C12H19NO. The molecule has 0 aliphatic carbocycles. The van der Waals surface area contributed by atoms with Crippen molar-refractivity contribution in [3.63, 3.8) is 0 Å². The number of hydrogen-bond acceptors (Lipinski definition) is 2. The highest BCUT2D eigenvalue weighted by atomic mass is 16.3. The van der Waals surface area contributed by atoms with Crippen LogP contribution >= 0.6 is 0 Å². The number of phenolic OH excluding ortho intramolecular Hbond substituents is 1. The van der Waals surface area contributed by atoms with Crippen molar-refractivity contribution in [2.24, 2.45) is 11.1 Å². The molecule has 0 bridgehead atoms. The summed E-state index contributed by atoms with van der Waals surface area (Å²) in [7, 11) is 0. The Morgan fingerprint density at radius 3 is 2.29 bits per heavy atom. The lowest BCUT2D eigenvalue weighted by Crippen LogP contribution is -2.27. The van der Waals surface area contributed by atoms with Crippen molar-refractivity contribution in [3.8, 4) is 5.75 Å². The van der Waals surface area contributed by atoms with Gasteiger partial charge >= 0.3 is 0 Å². The van der Waals surface area contributed by atoms with Crippen molar-refractivity contribution >= 4 is 0 Å². The fourth-order valence-electron chi connectivity index (χ4n) is 1.50. The molecule has 0 spiro atoms. The van der Waals surface area contributed by atoms with E-state index < -0.39 is 0 Å². The predicted molar refractivity (Wildman–Crippen MR) is 59.2 cm³/mol. The highest BCUT2D eigenvalue weighted by molar-refractivity contribution is 5.41. The third-order valence-electron chi connectivity index (χ3n) is 2.55. The second-order valence-corrected chi connectivity index (χ2v) is 4.85. The Morgan fingerprint density at radius 2 is 1.86 bits per heavy atom. The van der Waals surface area contributed by atoms with Crippen LogP contribution in [0, 0.1) is 12.3 Å². The summed E-state index contributed by atoms with van der Waals surface area (Å²) in [5.74, 6) is 0.299. The number of phenols is 1. The number of rotatable bonds is 1. The molecule has 0 amide bonds. The van der Waals surface area contributed by atoms with Gasteiger partial charge in [0.15, 0.2) is 0 Å². The van der Waals surface area contributed by atoms with E-state index in [1.54, 1.807) is 6.07 Å². The standard InChI is InChI=1S/C12H19NO/c1-8-6-5-7-9(14)10(8)11(13)12(2,3)4/h5-7,11,14H,13H2,1-4H3/t11-/m1/s1. The maximum absolute atomic E-state index is 9.75. The molecule has 0 aliphatic rings. The molecule has 0 heterocycles. The van der Waals surface area contributed by atoms with Gasteiger partial charge in [0.2, 0.25) is 0 Å². The quantitative estimate of drug-likeness (QED) is 0.720. The minimum absolute atomic E-state index is 0.0381. The molecule has 0 radical (unpaired) electrons. The van der Waals surface area contributed by atoms with E-state index in [1.165, 1.54) is 0 Å². The van der Waals surface area contributed by atoms with Crippen LogP contribution in [-0.2, 0) is 0 Å². The van der Waals surface area contributed by atoms with Crippen LogP contribution in [0.1, 0.15) is 37.9 Å². The van der Waals surface area contributed by atoms with Crippen molar-refractivity contribution in [3.05, 3.63) is 29.3 Å². The summed E-state index contributed by atoms with van der Waals surface area (Å²) >= 11 is 0. The van der Waals surface area contributed by atoms with Crippen LogP contribution < -0.4 is 5.73 Å². The van der Waals surface area contributed by atoms with Gasteiger partial charge in [0.05, 0.1) is 0 Å². The Hall–Kier alpha value is -1.02. The van der Waals surface area contributed by atoms with Gasteiger partial charge in [-0.05, 0) is 24.0 Å². The van der Waals surface area contributed by atoms with Gasteiger partial charge in [-0.1, -0.05) is 32.9 Å². The Balaban J connectivity index is 3.19. The van der Waals surface area contributed by atoms with E-state index in [0.717, 1.165) is 11.1 Å². The number of aromatic hydroxyl groups is 1. The summed E-state index contributed by atoms with van der Waals surface area (Å²) in [5.41, 5.74) is 7.99. The molecule has 0 aromatic heterocycles. The average Bonchev–Trinajstić information content (AvgIpc) is 2.01. The van der Waals surface area contributed by atoms with Gasteiger partial charge in [0.1, 0.15) is 5.75 Å². The van der Waals surface area contributed by atoms with Crippen LogP contribution in [0.25, 0.3) is 0 Å². The van der Waals surface area contributed by atoms with Crippen molar-refractivity contribution in [2.75, 3.05) is 0 Å². The lowest BCUT2D eigenvalue weighted by molar-refractivity contribution is 0.316. The van der Waals surface area contributed by atoms with Gasteiger partial charge in [-0.2, -0.15) is 0 Å². The summed E-state index contributed by atoms with van der Waals surface area (Å²) < 4.78 is 0. The molecule has 1 atom stereocenters. The smallest absolute Gasteiger partial charge is 0.120 e. The SMILES string of the molecule is Cc1cccc(O)c1[C@@H](N)C(C)(C)C. The van der Waals surface area contributed by atoms with Crippen LogP contribution in [0.3, 0.4) is 0 Å². The van der Waals surface area contributed by atoms with Gasteiger partial charge in [-0.25, -0.2) is 0 Å². The molecule has 14 heavy (non-hydrogen) atoms. The number of hydrogen-bond donors (Lipinski definition) is 2. The lowest BCUT2D eigenvalue weighted by Gasteiger charge is -2.29. The van der Waals surface area contributed by atoms with Crippen molar-refractivity contribution in [2.45, 2.75) is 33.7 Å². The highest BCUT2D eigenvalue weighted by Gasteiger charge is 2.25.